The Morgan fingerprint density at radius 2 is 1.85 bits per heavy atom. The fourth-order valence-electron chi connectivity index (χ4n) is 3.19. The van der Waals surface area contributed by atoms with Crippen LogP contribution in [0.4, 0.5) is 13.2 Å². The molecule has 1 aromatic heterocycles. The molecule has 0 amide bonds. The fourth-order valence-corrected chi connectivity index (χ4v) is 3.19. The Morgan fingerprint density at radius 1 is 1.08 bits per heavy atom. The second kappa shape index (κ2) is 6.01. The number of hydrogen-bond acceptors (Lipinski definition) is 4. The van der Waals surface area contributed by atoms with Gasteiger partial charge in [0.1, 0.15) is 11.4 Å². The van der Waals surface area contributed by atoms with Gasteiger partial charge in [-0.05, 0) is 54.3 Å². The molecule has 0 fully saturated rings. The molecule has 1 aliphatic rings. The molecule has 0 bridgehead atoms. The van der Waals surface area contributed by atoms with Crippen LogP contribution in [0.1, 0.15) is 16.7 Å². The van der Waals surface area contributed by atoms with Gasteiger partial charge in [-0.15, -0.1) is 13.2 Å². The SMILES string of the molecule is N=Cc1ccc2c(c1)CCc1c-2noc1-c1ccc(OC(F)(F)F)cc1. The lowest BCUT2D eigenvalue weighted by Crippen LogP contribution is -2.16. The van der Waals surface area contributed by atoms with E-state index in [-0.39, 0.29) is 5.75 Å². The van der Waals surface area contributed by atoms with Gasteiger partial charge in [0.2, 0.25) is 0 Å². The maximum atomic E-state index is 12.3. The fraction of sp³-hybridized carbons (Fsp3) is 0.158. The van der Waals surface area contributed by atoms with Crippen molar-refractivity contribution in [2.24, 2.45) is 0 Å². The third-order valence-corrected chi connectivity index (χ3v) is 4.33. The Labute approximate surface area is 146 Å². The highest BCUT2D eigenvalue weighted by Gasteiger charge is 2.31. The quantitative estimate of drug-likeness (QED) is 0.670. The lowest BCUT2D eigenvalue weighted by Gasteiger charge is -2.15. The van der Waals surface area contributed by atoms with E-state index < -0.39 is 6.36 Å². The third kappa shape index (κ3) is 2.96. The molecule has 2 aromatic carbocycles. The molecule has 0 radical (unpaired) electrons. The number of fused-ring (bicyclic) bond motifs is 3. The summed E-state index contributed by atoms with van der Waals surface area (Å²) in [6.07, 6.45) is -1.92. The van der Waals surface area contributed by atoms with E-state index in [0.717, 1.165) is 34.4 Å². The number of benzene rings is 2. The van der Waals surface area contributed by atoms with Gasteiger partial charge in [-0.25, -0.2) is 0 Å². The third-order valence-electron chi connectivity index (χ3n) is 4.33. The molecule has 4 nitrogen and oxygen atoms in total. The molecule has 3 aromatic rings. The number of nitrogens with zero attached hydrogens (tertiary/aromatic N) is 1. The van der Waals surface area contributed by atoms with E-state index in [1.807, 2.05) is 18.2 Å². The van der Waals surface area contributed by atoms with Gasteiger partial charge in [0.15, 0.2) is 5.76 Å². The van der Waals surface area contributed by atoms with Gasteiger partial charge in [0, 0.05) is 22.9 Å². The zero-order chi connectivity index (χ0) is 18.3. The average Bonchev–Trinajstić information content (AvgIpc) is 3.05. The molecule has 4 rings (SSSR count). The first kappa shape index (κ1) is 16.4. The molecule has 7 heteroatoms. The van der Waals surface area contributed by atoms with Crippen molar-refractivity contribution in [3.63, 3.8) is 0 Å². The van der Waals surface area contributed by atoms with E-state index in [1.165, 1.54) is 30.5 Å². The zero-order valence-corrected chi connectivity index (χ0v) is 13.4. The van der Waals surface area contributed by atoms with Crippen LogP contribution in [0, 0.1) is 5.41 Å². The monoisotopic (exact) mass is 358 g/mol. The van der Waals surface area contributed by atoms with Gasteiger partial charge in [-0.2, -0.15) is 0 Å². The molecule has 0 saturated carbocycles. The summed E-state index contributed by atoms with van der Waals surface area (Å²) in [6.45, 7) is 0. The minimum absolute atomic E-state index is 0.279. The first-order valence-electron chi connectivity index (χ1n) is 7.93. The molecule has 0 saturated heterocycles. The Kier molecular flexibility index (Phi) is 3.79. The van der Waals surface area contributed by atoms with Gasteiger partial charge in [-0.3, -0.25) is 0 Å². The molecule has 1 heterocycles. The summed E-state index contributed by atoms with van der Waals surface area (Å²) < 4.78 is 46.2. The molecular formula is C19H13F3N2O2. The van der Waals surface area contributed by atoms with Crippen LogP contribution in [-0.2, 0) is 12.8 Å². The molecule has 132 valence electrons. The summed E-state index contributed by atoms with van der Waals surface area (Å²) in [4.78, 5) is 0. The van der Waals surface area contributed by atoms with Crippen LogP contribution in [0.15, 0.2) is 47.0 Å². The minimum atomic E-state index is -4.72. The van der Waals surface area contributed by atoms with E-state index in [0.29, 0.717) is 17.7 Å². The summed E-state index contributed by atoms with van der Waals surface area (Å²) >= 11 is 0. The Hall–Kier alpha value is -3.09. The highest BCUT2D eigenvalue weighted by atomic mass is 19.4. The Bertz CT molecular complexity index is 975. The normalized spacial score (nSPS) is 13.0. The number of rotatable bonds is 3. The second-order valence-electron chi connectivity index (χ2n) is 5.97. The van der Waals surface area contributed by atoms with Crippen LogP contribution in [0.2, 0.25) is 0 Å². The zero-order valence-electron chi connectivity index (χ0n) is 13.4. The van der Waals surface area contributed by atoms with Crippen molar-refractivity contribution in [2.75, 3.05) is 0 Å². The number of aryl methyl sites for hydroxylation is 1. The van der Waals surface area contributed by atoms with Crippen molar-refractivity contribution >= 4 is 6.21 Å². The van der Waals surface area contributed by atoms with Crippen molar-refractivity contribution in [3.05, 3.63) is 59.2 Å². The lowest BCUT2D eigenvalue weighted by molar-refractivity contribution is -0.274. The van der Waals surface area contributed by atoms with Crippen molar-refractivity contribution < 1.29 is 22.4 Å². The van der Waals surface area contributed by atoms with Crippen LogP contribution >= 0.6 is 0 Å². The molecule has 0 aliphatic heterocycles. The number of hydrogen-bond donors (Lipinski definition) is 1. The predicted octanol–water partition coefficient (Wildman–Crippen LogP) is 5.00. The topological polar surface area (TPSA) is 59.1 Å². The first-order valence-corrected chi connectivity index (χ1v) is 7.93. The van der Waals surface area contributed by atoms with Crippen molar-refractivity contribution in [1.82, 2.24) is 5.16 Å². The van der Waals surface area contributed by atoms with Crippen molar-refractivity contribution in [3.8, 4) is 28.3 Å². The van der Waals surface area contributed by atoms with Gasteiger partial charge in [0.25, 0.3) is 0 Å². The summed E-state index contributed by atoms with van der Waals surface area (Å²) in [5.74, 6) is 0.277. The molecule has 1 aliphatic carbocycles. The van der Waals surface area contributed by atoms with Crippen LogP contribution in [0.25, 0.3) is 22.6 Å². The van der Waals surface area contributed by atoms with Crippen molar-refractivity contribution in [1.29, 1.82) is 5.41 Å². The predicted molar refractivity (Wildman–Crippen MR) is 89.4 cm³/mol. The van der Waals surface area contributed by atoms with E-state index >= 15 is 0 Å². The van der Waals surface area contributed by atoms with E-state index in [9.17, 15) is 13.2 Å². The first-order chi connectivity index (χ1) is 12.4. The van der Waals surface area contributed by atoms with Gasteiger partial charge < -0.3 is 14.7 Å². The highest BCUT2D eigenvalue weighted by Crippen LogP contribution is 2.39. The largest absolute Gasteiger partial charge is 0.573 e. The summed E-state index contributed by atoms with van der Waals surface area (Å²) in [5.41, 5.74) is 5.22. The van der Waals surface area contributed by atoms with Gasteiger partial charge >= 0.3 is 6.36 Å². The number of alkyl halides is 3. The number of halogens is 3. The molecule has 0 atom stereocenters. The lowest BCUT2D eigenvalue weighted by atomic mass is 9.87. The highest BCUT2D eigenvalue weighted by molar-refractivity contribution is 5.82. The maximum Gasteiger partial charge on any atom is 0.573 e. The second-order valence-corrected chi connectivity index (χ2v) is 5.97. The number of nitrogens with one attached hydrogen (secondary N) is 1. The number of ether oxygens (including phenoxy) is 1. The molecule has 1 N–H and O–H groups in total. The summed E-state index contributed by atoms with van der Waals surface area (Å²) in [7, 11) is 0. The molecular weight excluding hydrogens is 345 g/mol. The average molecular weight is 358 g/mol. The van der Waals surface area contributed by atoms with E-state index in [4.69, 9.17) is 9.93 Å². The molecule has 26 heavy (non-hydrogen) atoms. The Morgan fingerprint density at radius 3 is 2.54 bits per heavy atom. The van der Waals surface area contributed by atoms with Crippen molar-refractivity contribution in [2.45, 2.75) is 19.2 Å². The van der Waals surface area contributed by atoms with Crippen LogP contribution in [-0.4, -0.2) is 17.7 Å². The van der Waals surface area contributed by atoms with Crippen LogP contribution < -0.4 is 4.74 Å². The summed E-state index contributed by atoms with van der Waals surface area (Å²) in [5, 5.41) is 11.5. The van der Waals surface area contributed by atoms with Crippen LogP contribution in [0.5, 0.6) is 5.75 Å². The van der Waals surface area contributed by atoms with Crippen LogP contribution in [0.3, 0.4) is 0 Å². The number of aromatic nitrogens is 1. The maximum absolute atomic E-state index is 12.3. The minimum Gasteiger partial charge on any atom is -0.406 e. The van der Waals surface area contributed by atoms with E-state index in [2.05, 4.69) is 9.89 Å². The molecule has 0 spiro atoms. The summed E-state index contributed by atoms with van der Waals surface area (Å²) in [6, 6.07) is 11.3. The van der Waals surface area contributed by atoms with Gasteiger partial charge in [0.05, 0.1) is 0 Å². The van der Waals surface area contributed by atoms with E-state index in [1.54, 1.807) is 0 Å². The standard InChI is InChI=1S/C19H13F3N2O2/c20-19(21,22)25-14-5-2-12(3-6-14)18-16-8-4-13-9-11(10-23)1-7-15(13)17(16)24-26-18/h1-3,5-7,9-10,23H,4,8H2. The molecule has 0 unspecified atom stereocenters. The van der Waals surface area contributed by atoms with Gasteiger partial charge in [-0.1, -0.05) is 17.3 Å². The smallest absolute Gasteiger partial charge is 0.406 e. The Balaban J connectivity index is 1.68.